The number of nitriles is 1. The molecule has 2 nitrogen and oxygen atoms in total. The SMILES string of the molecule is C=C(C)C(c1cc(N(CC)CC)ccc1C#N)C(C)C. The zero-order valence-electron chi connectivity index (χ0n) is 13.4. The van der Waals surface area contributed by atoms with Crippen molar-refractivity contribution in [1.29, 1.82) is 5.26 Å². The maximum atomic E-state index is 9.38. The van der Waals surface area contributed by atoms with Crippen molar-refractivity contribution in [1.82, 2.24) is 0 Å². The third kappa shape index (κ3) is 3.42. The van der Waals surface area contributed by atoms with Gasteiger partial charge in [0.2, 0.25) is 0 Å². The Balaban J connectivity index is 3.38. The molecule has 0 amide bonds. The van der Waals surface area contributed by atoms with E-state index >= 15 is 0 Å². The van der Waals surface area contributed by atoms with Gasteiger partial charge in [0.15, 0.2) is 0 Å². The van der Waals surface area contributed by atoms with Crippen molar-refractivity contribution in [3.8, 4) is 6.07 Å². The molecule has 0 aromatic heterocycles. The molecule has 1 atom stereocenters. The second kappa shape index (κ2) is 7.14. The quantitative estimate of drug-likeness (QED) is 0.699. The monoisotopic (exact) mass is 270 g/mol. The van der Waals surface area contributed by atoms with E-state index in [4.69, 9.17) is 0 Å². The molecule has 0 radical (unpaired) electrons. The number of allylic oxidation sites excluding steroid dienone is 1. The highest BCUT2D eigenvalue weighted by Crippen LogP contribution is 2.35. The van der Waals surface area contributed by atoms with E-state index in [0.717, 1.165) is 29.8 Å². The van der Waals surface area contributed by atoms with Gasteiger partial charge in [-0.1, -0.05) is 26.0 Å². The Labute approximate surface area is 123 Å². The van der Waals surface area contributed by atoms with Gasteiger partial charge in [-0.2, -0.15) is 5.26 Å². The lowest BCUT2D eigenvalue weighted by Gasteiger charge is -2.26. The largest absolute Gasteiger partial charge is 0.372 e. The standard InChI is InChI=1S/C18H26N2/c1-7-20(8-2)16-10-9-15(12-19)17(11-16)18(13(3)4)14(5)6/h9-11,14,18H,3,7-8H2,1-2,4-6H3. The predicted octanol–water partition coefficient (Wildman–Crippen LogP) is 4.72. The van der Waals surface area contributed by atoms with Crippen LogP contribution in [0.15, 0.2) is 30.4 Å². The van der Waals surface area contributed by atoms with Gasteiger partial charge in [0.25, 0.3) is 0 Å². The lowest BCUT2D eigenvalue weighted by Crippen LogP contribution is -2.22. The van der Waals surface area contributed by atoms with Crippen LogP contribution in [0.3, 0.4) is 0 Å². The minimum absolute atomic E-state index is 0.236. The highest BCUT2D eigenvalue weighted by atomic mass is 15.1. The van der Waals surface area contributed by atoms with Gasteiger partial charge in [-0.25, -0.2) is 0 Å². The van der Waals surface area contributed by atoms with Crippen LogP contribution in [0, 0.1) is 17.2 Å². The Kier molecular flexibility index (Phi) is 5.82. The zero-order chi connectivity index (χ0) is 15.3. The molecular weight excluding hydrogens is 244 g/mol. The Morgan fingerprint density at radius 1 is 1.30 bits per heavy atom. The Morgan fingerprint density at radius 2 is 1.90 bits per heavy atom. The van der Waals surface area contributed by atoms with Gasteiger partial charge in [-0.05, 0) is 50.5 Å². The maximum Gasteiger partial charge on any atom is 0.0994 e. The molecule has 0 saturated carbocycles. The fourth-order valence-corrected chi connectivity index (χ4v) is 2.89. The summed E-state index contributed by atoms with van der Waals surface area (Å²) in [6.07, 6.45) is 0. The van der Waals surface area contributed by atoms with Crippen LogP contribution in [0.2, 0.25) is 0 Å². The second-order valence-electron chi connectivity index (χ2n) is 5.62. The molecule has 0 fully saturated rings. The first-order chi connectivity index (χ1) is 9.46. The Hall–Kier alpha value is -1.75. The Bertz CT molecular complexity index is 505. The normalized spacial score (nSPS) is 12.1. The molecule has 0 spiro atoms. The zero-order valence-corrected chi connectivity index (χ0v) is 13.4. The van der Waals surface area contributed by atoms with Crippen molar-refractivity contribution in [2.24, 2.45) is 5.92 Å². The summed E-state index contributed by atoms with van der Waals surface area (Å²) >= 11 is 0. The van der Waals surface area contributed by atoms with E-state index in [0.29, 0.717) is 5.92 Å². The third-order valence-corrected chi connectivity index (χ3v) is 3.82. The average Bonchev–Trinajstić information content (AvgIpc) is 2.39. The fourth-order valence-electron chi connectivity index (χ4n) is 2.89. The molecule has 0 aliphatic carbocycles. The summed E-state index contributed by atoms with van der Waals surface area (Å²) in [5.74, 6) is 0.673. The topological polar surface area (TPSA) is 27.0 Å². The fraction of sp³-hybridized carbons (Fsp3) is 0.500. The minimum atomic E-state index is 0.236. The average molecular weight is 270 g/mol. The van der Waals surface area contributed by atoms with Crippen molar-refractivity contribution in [3.05, 3.63) is 41.5 Å². The van der Waals surface area contributed by atoms with E-state index in [2.05, 4.69) is 58.2 Å². The van der Waals surface area contributed by atoms with Crippen LogP contribution in [-0.2, 0) is 0 Å². The first-order valence-electron chi connectivity index (χ1n) is 7.40. The van der Waals surface area contributed by atoms with Crippen molar-refractivity contribution in [2.45, 2.75) is 40.5 Å². The second-order valence-corrected chi connectivity index (χ2v) is 5.62. The van der Waals surface area contributed by atoms with Crippen LogP contribution < -0.4 is 4.90 Å². The summed E-state index contributed by atoms with van der Waals surface area (Å²) in [4.78, 5) is 2.31. The molecule has 0 saturated heterocycles. The first kappa shape index (κ1) is 16.3. The maximum absolute atomic E-state index is 9.38. The van der Waals surface area contributed by atoms with Crippen molar-refractivity contribution >= 4 is 5.69 Å². The van der Waals surface area contributed by atoms with E-state index in [1.54, 1.807) is 0 Å². The molecule has 0 bridgehead atoms. The Morgan fingerprint density at radius 3 is 2.30 bits per heavy atom. The van der Waals surface area contributed by atoms with E-state index in [1.807, 2.05) is 12.1 Å². The summed E-state index contributed by atoms with van der Waals surface area (Å²) in [6.45, 7) is 16.8. The molecule has 1 aromatic rings. The van der Waals surface area contributed by atoms with Gasteiger partial charge in [0, 0.05) is 24.7 Å². The van der Waals surface area contributed by atoms with E-state index in [-0.39, 0.29) is 5.92 Å². The highest BCUT2D eigenvalue weighted by molar-refractivity contribution is 5.56. The van der Waals surface area contributed by atoms with Crippen LogP contribution in [0.5, 0.6) is 0 Å². The van der Waals surface area contributed by atoms with Crippen LogP contribution >= 0.6 is 0 Å². The van der Waals surface area contributed by atoms with Gasteiger partial charge >= 0.3 is 0 Å². The lowest BCUT2D eigenvalue weighted by atomic mass is 9.81. The van der Waals surface area contributed by atoms with Crippen LogP contribution in [0.1, 0.15) is 51.7 Å². The van der Waals surface area contributed by atoms with Crippen molar-refractivity contribution < 1.29 is 0 Å². The van der Waals surface area contributed by atoms with Gasteiger partial charge < -0.3 is 4.90 Å². The molecular formula is C18H26N2. The highest BCUT2D eigenvalue weighted by Gasteiger charge is 2.21. The molecule has 1 unspecified atom stereocenters. The first-order valence-corrected chi connectivity index (χ1v) is 7.40. The summed E-state index contributed by atoms with van der Waals surface area (Å²) in [7, 11) is 0. The van der Waals surface area contributed by atoms with E-state index in [1.165, 1.54) is 5.69 Å². The predicted molar refractivity (Wildman–Crippen MR) is 87.1 cm³/mol. The van der Waals surface area contributed by atoms with Gasteiger partial charge in [-0.15, -0.1) is 0 Å². The molecule has 20 heavy (non-hydrogen) atoms. The number of anilines is 1. The number of hydrogen-bond acceptors (Lipinski definition) is 2. The molecule has 0 heterocycles. The van der Waals surface area contributed by atoms with Crippen LogP contribution in [0.25, 0.3) is 0 Å². The molecule has 1 rings (SSSR count). The summed E-state index contributed by atoms with van der Waals surface area (Å²) in [6, 6.07) is 8.49. The number of nitrogens with zero attached hydrogens (tertiary/aromatic N) is 2. The summed E-state index contributed by atoms with van der Waals surface area (Å²) in [5.41, 5.74) is 4.19. The molecule has 2 heteroatoms. The number of rotatable bonds is 6. The van der Waals surface area contributed by atoms with Crippen molar-refractivity contribution in [3.63, 3.8) is 0 Å². The third-order valence-electron chi connectivity index (χ3n) is 3.82. The number of hydrogen-bond donors (Lipinski definition) is 0. The van der Waals surface area contributed by atoms with Gasteiger partial charge in [-0.3, -0.25) is 0 Å². The summed E-state index contributed by atoms with van der Waals surface area (Å²) in [5, 5.41) is 9.38. The lowest BCUT2D eigenvalue weighted by molar-refractivity contribution is 0.555. The van der Waals surface area contributed by atoms with Gasteiger partial charge in [0.1, 0.15) is 0 Å². The molecule has 108 valence electrons. The minimum Gasteiger partial charge on any atom is -0.372 e. The number of benzene rings is 1. The van der Waals surface area contributed by atoms with Crippen molar-refractivity contribution in [2.75, 3.05) is 18.0 Å². The smallest absolute Gasteiger partial charge is 0.0994 e. The molecule has 1 aromatic carbocycles. The molecule has 0 aliphatic rings. The van der Waals surface area contributed by atoms with E-state index in [9.17, 15) is 5.26 Å². The van der Waals surface area contributed by atoms with E-state index < -0.39 is 0 Å². The van der Waals surface area contributed by atoms with Gasteiger partial charge in [0.05, 0.1) is 11.6 Å². The molecule has 0 aliphatic heterocycles. The summed E-state index contributed by atoms with van der Waals surface area (Å²) < 4.78 is 0. The molecule has 0 N–H and O–H groups in total. The van der Waals surface area contributed by atoms with Crippen LogP contribution in [-0.4, -0.2) is 13.1 Å². The van der Waals surface area contributed by atoms with Crippen LogP contribution in [0.4, 0.5) is 5.69 Å².